The lowest BCUT2D eigenvalue weighted by Crippen LogP contribution is -2.27. The third kappa shape index (κ3) is 3.08. The van der Waals surface area contributed by atoms with Crippen LogP contribution < -0.4 is 4.90 Å². The highest BCUT2D eigenvalue weighted by atomic mass is 79.9. The Kier molecular flexibility index (Phi) is 4.60. The molecule has 0 atom stereocenters. The molecule has 0 saturated carbocycles. The fraction of sp³-hybridized carbons (Fsp3) is 0.385. The molecule has 1 saturated heterocycles. The standard InChI is InChI=1S/C13H11BrClFN4O3/c14-9-8(20(21)22)6-7-11(10(9)16)17-13(15)18-12(7)19-2-1-4-23-5-3-19/h6H,1-5H2. The van der Waals surface area contributed by atoms with Crippen LogP contribution in [0.4, 0.5) is 15.9 Å². The zero-order chi connectivity index (χ0) is 16.6. The van der Waals surface area contributed by atoms with E-state index < -0.39 is 10.7 Å². The number of nitro groups is 1. The summed E-state index contributed by atoms with van der Waals surface area (Å²) in [5.74, 6) is -0.453. The zero-order valence-electron chi connectivity index (χ0n) is 11.8. The van der Waals surface area contributed by atoms with Crippen LogP contribution in [0.25, 0.3) is 10.9 Å². The number of nitrogens with zero attached hydrogens (tertiary/aromatic N) is 4. The van der Waals surface area contributed by atoms with Crippen LogP contribution in [0.3, 0.4) is 0 Å². The first-order valence-electron chi connectivity index (χ1n) is 6.81. The minimum absolute atomic E-state index is 0.0531. The highest BCUT2D eigenvalue weighted by Gasteiger charge is 2.25. The maximum absolute atomic E-state index is 14.5. The highest BCUT2D eigenvalue weighted by Crippen LogP contribution is 2.37. The number of hydrogen-bond acceptors (Lipinski definition) is 6. The predicted octanol–water partition coefficient (Wildman–Crippen LogP) is 3.32. The van der Waals surface area contributed by atoms with Gasteiger partial charge in [-0.2, -0.15) is 4.98 Å². The number of fused-ring (bicyclic) bond motifs is 1. The van der Waals surface area contributed by atoms with Crippen molar-refractivity contribution >= 4 is 49.9 Å². The number of ether oxygens (including phenoxy) is 1. The van der Waals surface area contributed by atoms with Gasteiger partial charge >= 0.3 is 0 Å². The molecule has 0 bridgehead atoms. The van der Waals surface area contributed by atoms with Crippen molar-refractivity contribution in [1.82, 2.24) is 9.97 Å². The van der Waals surface area contributed by atoms with E-state index in [1.165, 1.54) is 6.07 Å². The molecule has 3 rings (SSSR count). The molecule has 2 heterocycles. The maximum atomic E-state index is 14.5. The van der Waals surface area contributed by atoms with Gasteiger partial charge in [-0.05, 0) is 34.0 Å². The average Bonchev–Trinajstić information content (AvgIpc) is 2.79. The monoisotopic (exact) mass is 404 g/mol. The van der Waals surface area contributed by atoms with Gasteiger partial charge in [0.2, 0.25) is 5.28 Å². The summed E-state index contributed by atoms with van der Waals surface area (Å²) in [5, 5.41) is 11.3. The van der Waals surface area contributed by atoms with Gasteiger partial charge < -0.3 is 9.64 Å². The first-order valence-corrected chi connectivity index (χ1v) is 7.98. The molecule has 0 amide bonds. The highest BCUT2D eigenvalue weighted by molar-refractivity contribution is 9.10. The molecule has 1 aliphatic rings. The Morgan fingerprint density at radius 3 is 2.91 bits per heavy atom. The molecule has 23 heavy (non-hydrogen) atoms. The number of benzene rings is 1. The second kappa shape index (κ2) is 6.50. The normalized spacial score (nSPS) is 15.7. The minimum atomic E-state index is -0.828. The molecule has 0 N–H and O–H groups in total. The van der Waals surface area contributed by atoms with E-state index >= 15 is 0 Å². The third-order valence-electron chi connectivity index (χ3n) is 3.52. The van der Waals surface area contributed by atoms with E-state index in [0.29, 0.717) is 32.1 Å². The van der Waals surface area contributed by atoms with Crippen molar-refractivity contribution in [3.05, 3.63) is 31.8 Å². The Hall–Kier alpha value is -1.58. The molecule has 0 spiro atoms. The third-order valence-corrected chi connectivity index (χ3v) is 4.45. The van der Waals surface area contributed by atoms with Crippen molar-refractivity contribution in [3.63, 3.8) is 0 Å². The van der Waals surface area contributed by atoms with Gasteiger partial charge in [-0.3, -0.25) is 10.1 Å². The molecule has 1 aromatic heterocycles. The number of rotatable bonds is 2. The first kappa shape index (κ1) is 16.3. The molecule has 1 fully saturated rings. The van der Waals surface area contributed by atoms with E-state index in [0.717, 1.165) is 6.42 Å². The van der Waals surface area contributed by atoms with Gasteiger partial charge in [0.15, 0.2) is 5.82 Å². The fourth-order valence-corrected chi connectivity index (χ4v) is 3.09. The van der Waals surface area contributed by atoms with Gasteiger partial charge in [0.25, 0.3) is 5.69 Å². The molecule has 10 heteroatoms. The SMILES string of the molecule is O=[N+]([O-])c1cc2c(N3CCCOCC3)nc(Cl)nc2c(F)c1Br. The summed E-state index contributed by atoms with van der Waals surface area (Å²) in [6.07, 6.45) is 0.768. The number of halogens is 3. The summed E-state index contributed by atoms with van der Waals surface area (Å²) >= 11 is 8.82. The molecule has 7 nitrogen and oxygen atoms in total. The number of hydrogen-bond donors (Lipinski definition) is 0. The van der Waals surface area contributed by atoms with E-state index in [2.05, 4.69) is 25.9 Å². The van der Waals surface area contributed by atoms with Crippen molar-refractivity contribution in [2.24, 2.45) is 0 Å². The summed E-state index contributed by atoms with van der Waals surface area (Å²) < 4.78 is 19.6. The van der Waals surface area contributed by atoms with E-state index in [4.69, 9.17) is 16.3 Å². The van der Waals surface area contributed by atoms with Gasteiger partial charge in [-0.25, -0.2) is 9.37 Å². The van der Waals surface area contributed by atoms with Crippen molar-refractivity contribution in [3.8, 4) is 0 Å². The summed E-state index contributed by atoms with van der Waals surface area (Å²) in [7, 11) is 0. The lowest BCUT2D eigenvalue weighted by atomic mass is 10.2. The Bertz CT molecular complexity index is 784. The second-order valence-corrected chi connectivity index (χ2v) is 6.08. The molecule has 1 aliphatic heterocycles. The van der Waals surface area contributed by atoms with Crippen LogP contribution in [0.15, 0.2) is 10.5 Å². The zero-order valence-corrected chi connectivity index (χ0v) is 14.1. The van der Waals surface area contributed by atoms with Crippen molar-refractivity contribution < 1.29 is 14.1 Å². The minimum Gasteiger partial charge on any atom is -0.380 e. The molecule has 0 aliphatic carbocycles. The number of nitro benzene ring substituents is 1. The fourth-order valence-electron chi connectivity index (χ4n) is 2.48. The van der Waals surface area contributed by atoms with E-state index in [-0.39, 0.29) is 26.3 Å². The number of anilines is 1. The van der Waals surface area contributed by atoms with Gasteiger partial charge in [0, 0.05) is 25.8 Å². The Morgan fingerprint density at radius 1 is 1.39 bits per heavy atom. The van der Waals surface area contributed by atoms with Crippen molar-refractivity contribution in [1.29, 1.82) is 0 Å². The van der Waals surface area contributed by atoms with E-state index in [1.807, 2.05) is 4.90 Å². The van der Waals surface area contributed by atoms with Crippen LogP contribution >= 0.6 is 27.5 Å². The molecular formula is C13H11BrClFN4O3. The Morgan fingerprint density at radius 2 is 2.17 bits per heavy atom. The number of aromatic nitrogens is 2. The Labute approximate surface area is 143 Å². The van der Waals surface area contributed by atoms with E-state index in [9.17, 15) is 14.5 Å². The largest absolute Gasteiger partial charge is 0.380 e. The van der Waals surface area contributed by atoms with Crippen LogP contribution in [0, 0.1) is 15.9 Å². The topological polar surface area (TPSA) is 81.4 Å². The van der Waals surface area contributed by atoms with Crippen LogP contribution in [0.2, 0.25) is 5.28 Å². The molecule has 1 aromatic carbocycles. The summed E-state index contributed by atoms with van der Waals surface area (Å²) in [6.45, 7) is 2.28. The Balaban J connectivity index is 2.26. The first-order chi connectivity index (χ1) is 11.0. The average molecular weight is 406 g/mol. The lowest BCUT2D eigenvalue weighted by molar-refractivity contribution is -0.385. The predicted molar refractivity (Wildman–Crippen MR) is 86.5 cm³/mol. The molecule has 0 unspecified atom stereocenters. The van der Waals surface area contributed by atoms with Crippen LogP contribution in [-0.4, -0.2) is 41.2 Å². The molecule has 2 aromatic rings. The van der Waals surface area contributed by atoms with Crippen LogP contribution in [0.1, 0.15) is 6.42 Å². The van der Waals surface area contributed by atoms with Crippen LogP contribution in [0.5, 0.6) is 0 Å². The van der Waals surface area contributed by atoms with E-state index in [1.54, 1.807) is 0 Å². The van der Waals surface area contributed by atoms with Crippen LogP contribution in [-0.2, 0) is 4.74 Å². The van der Waals surface area contributed by atoms with Gasteiger partial charge in [0.1, 0.15) is 15.8 Å². The van der Waals surface area contributed by atoms with Crippen molar-refractivity contribution in [2.75, 3.05) is 31.2 Å². The smallest absolute Gasteiger partial charge is 0.287 e. The second-order valence-electron chi connectivity index (χ2n) is 4.95. The summed E-state index contributed by atoms with van der Waals surface area (Å²) in [4.78, 5) is 20.4. The van der Waals surface area contributed by atoms with Gasteiger partial charge in [0.05, 0.1) is 16.9 Å². The molecular weight excluding hydrogens is 395 g/mol. The molecule has 0 radical (unpaired) electrons. The van der Waals surface area contributed by atoms with Crippen molar-refractivity contribution in [2.45, 2.75) is 6.42 Å². The summed E-state index contributed by atoms with van der Waals surface area (Å²) in [5.41, 5.74) is -0.434. The van der Waals surface area contributed by atoms with Gasteiger partial charge in [-0.1, -0.05) is 0 Å². The quantitative estimate of drug-likeness (QED) is 0.433. The van der Waals surface area contributed by atoms with Gasteiger partial charge in [-0.15, -0.1) is 0 Å². The summed E-state index contributed by atoms with van der Waals surface area (Å²) in [6, 6.07) is 1.26. The molecule has 122 valence electrons. The maximum Gasteiger partial charge on any atom is 0.287 e. The lowest BCUT2D eigenvalue weighted by Gasteiger charge is -2.22.